The second-order valence-corrected chi connectivity index (χ2v) is 10.2. The van der Waals surface area contributed by atoms with Crippen molar-refractivity contribution in [3.05, 3.63) is 100 Å². The predicted molar refractivity (Wildman–Crippen MR) is 142 cm³/mol. The van der Waals surface area contributed by atoms with Gasteiger partial charge in [0.25, 0.3) is 0 Å². The summed E-state index contributed by atoms with van der Waals surface area (Å²) in [6.45, 7) is 11.0. The molecule has 6 rings (SSSR count). The lowest BCUT2D eigenvalue weighted by atomic mass is 9.73. The third kappa shape index (κ3) is 3.12. The summed E-state index contributed by atoms with van der Waals surface area (Å²) in [5.74, 6) is 0.903. The second kappa shape index (κ2) is 7.84. The Morgan fingerprint density at radius 3 is 2.50 bits per heavy atom. The maximum absolute atomic E-state index is 6.67. The molecule has 2 aromatic carbocycles. The summed E-state index contributed by atoms with van der Waals surface area (Å²) in [6, 6.07) is 15.5. The van der Waals surface area contributed by atoms with E-state index in [1.54, 1.807) is 0 Å². The SMILES string of the molecule is C=C1c2ccccc2C2(C/C=C\c3oc4c(-c5cc(C)c(C)cn5)c(C)ccc4c31)CCCC2. The summed E-state index contributed by atoms with van der Waals surface area (Å²) in [6.07, 6.45) is 12.6. The molecule has 0 unspecified atom stereocenters. The first kappa shape index (κ1) is 21.2. The molecule has 1 saturated carbocycles. The first-order valence-electron chi connectivity index (χ1n) is 12.4. The Kier molecular flexibility index (Phi) is 4.88. The lowest BCUT2D eigenvalue weighted by Gasteiger charge is -2.31. The monoisotopic (exact) mass is 445 g/mol. The first-order valence-corrected chi connectivity index (χ1v) is 12.4. The molecule has 4 aromatic rings. The molecule has 0 aliphatic heterocycles. The van der Waals surface area contributed by atoms with Gasteiger partial charge in [-0.2, -0.15) is 0 Å². The van der Waals surface area contributed by atoms with Crippen LogP contribution in [0, 0.1) is 20.8 Å². The molecule has 0 N–H and O–H groups in total. The molecule has 2 aliphatic rings. The number of aryl methyl sites for hydroxylation is 3. The van der Waals surface area contributed by atoms with Crippen LogP contribution in [0.25, 0.3) is 33.9 Å². The number of allylic oxidation sites excluding steroid dienone is 1. The lowest BCUT2D eigenvalue weighted by Crippen LogP contribution is -2.22. The highest BCUT2D eigenvalue weighted by Crippen LogP contribution is 2.49. The molecule has 2 heterocycles. The quantitative estimate of drug-likeness (QED) is 0.293. The van der Waals surface area contributed by atoms with Crippen molar-refractivity contribution in [2.45, 2.75) is 58.3 Å². The maximum Gasteiger partial charge on any atom is 0.145 e. The minimum absolute atomic E-state index is 0.209. The summed E-state index contributed by atoms with van der Waals surface area (Å²) in [5.41, 5.74) is 11.6. The Balaban J connectivity index is 1.62. The van der Waals surface area contributed by atoms with Gasteiger partial charge >= 0.3 is 0 Å². The van der Waals surface area contributed by atoms with E-state index in [0.29, 0.717) is 0 Å². The largest absolute Gasteiger partial charge is 0.455 e. The van der Waals surface area contributed by atoms with Crippen LogP contribution in [0.2, 0.25) is 0 Å². The fraction of sp³-hybridized carbons (Fsp3) is 0.281. The fourth-order valence-corrected chi connectivity index (χ4v) is 6.16. The van der Waals surface area contributed by atoms with E-state index in [9.17, 15) is 0 Å². The summed E-state index contributed by atoms with van der Waals surface area (Å²) in [4.78, 5) is 4.78. The Hall–Kier alpha value is -3.39. The molecule has 2 heteroatoms. The van der Waals surface area contributed by atoms with Crippen molar-refractivity contribution in [2.75, 3.05) is 0 Å². The minimum Gasteiger partial charge on any atom is -0.455 e. The van der Waals surface area contributed by atoms with Gasteiger partial charge in [0.2, 0.25) is 0 Å². The van der Waals surface area contributed by atoms with Crippen molar-refractivity contribution in [3.63, 3.8) is 0 Å². The van der Waals surface area contributed by atoms with Gasteiger partial charge in [0.1, 0.15) is 11.3 Å². The molecule has 0 bridgehead atoms. The van der Waals surface area contributed by atoms with Crippen LogP contribution < -0.4 is 0 Å². The van der Waals surface area contributed by atoms with Crippen LogP contribution >= 0.6 is 0 Å². The van der Waals surface area contributed by atoms with E-state index in [0.717, 1.165) is 45.5 Å². The number of aromatic nitrogens is 1. The Bertz CT molecular complexity index is 1480. The van der Waals surface area contributed by atoms with E-state index >= 15 is 0 Å². The van der Waals surface area contributed by atoms with Gasteiger partial charge in [0.05, 0.1) is 5.69 Å². The lowest BCUT2D eigenvalue weighted by molar-refractivity contribution is 0.446. The molecule has 0 radical (unpaired) electrons. The normalized spacial score (nSPS) is 17.8. The van der Waals surface area contributed by atoms with E-state index in [-0.39, 0.29) is 5.41 Å². The van der Waals surface area contributed by atoms with Crippen molar-refractivity contribution in [1.29, 1.82) is 0 Å². The number of benzene rings is 2. The molecule has 2 aliphatic carbocycles. The zero-order valence-electron chi connectivity index (χ0n) is 20.4. The van der Waals surface area contributed by atoms with E-state index in [2.05, 4.69) is 82.0 Å². The summed E-state index contributed by atoms with van der Waals surface area (Å²) in [5, 5.41) is 1.11. The second-order valence-electron chi connectivity index (χ2n) is 10.2. The number of hydrogen-bond acceptors (Lipinski definition) is 2. The maximum atomic E-state index is 6.67. The van der Waals surface area contributed by atoms with Gasteiger partial charge in [-0.25, -0.2) is 0 Å². The first-order chi connectivity index (χ1) is 16.5. The Morgan fingerprint density at radius 2 is 1.71 bits per heavy atom. The number of nitrogens with zero attached hydrogens (tertiary/aromatic N) is 1. The standard InChI is InChI=1S/C32H31NO/c1-20-13-14-25-30-23(4)24-10-5-6-11-26(24)32(15-7-8-16-32)17-9-12-28(30)34-31(25)29(20)27-18-21(2)22(3)19-33-27/h5-6,9-14,18-19H,4,7-8,15-17H2,1-3H3/b12-9-. The molecule has 2 aromatic heterocycles. The summed E-state index contributed by atoms with van der Waals surface area (Å²) in [7, 11) is 0. The van der Waals surface area contributed by atoms with Crippen LogP contribution in [0.1, 0.15) is 71.2 Å². The van der Waals surface area contributed by atoms with Gasteiger partial charge in [-0.05, 0) is 91.0 Å². The molecule has 170 valence electrons. The Labute approximate surface area is 202 Å². The number of hydrogen-bond donors (Lipinski definition) is 0. The molecule has 1 spiro atoms. The topological polar surface area (TPSA) is 26.0 Å². The number of pyridine rings is 1. The van der Waals surface area contributed by atoms with Gasteiger partial charge in [-0.1, -0.05) is 61.9 Å². The zero-order chi connectivity index (χ0) is 23.4. The Morgan fingerprint density at radius 1 is 0.912 bits per heavy atom. The van der Waals surface area contributed by atoms with Crippen LogP contribution in [0.5, 0.6) is 0 Å². The van der Waals surface area contributed by atoms with E-state index in [1.165, 1.54) is 53.5 Å². The molecular weight excluding hydrogens is 414 g/mol. The highest BCUT2D eigenvalue weighted by Gasteiger charge is 2.37. The highest BCUT2D eigenvalue weighted by atomic mass is 16.3. The molecule has 34 heavy (non-hydrogen) atoms. The van der Waals surface area contributed by atoms with Crippen molar-refractivity contribution in [1.82, 2.24) is 4.98 Å². The number of fused-ring (bicyclic) bond motifs is 5. The summed E-state index contributed by atoms with van der Waals surface area (Å²) < 4.78 is 6.67. The van der Waals surface area contributed by atoms with Gasteiger partial charge < -0.3 is 4.42 Å². The average molecular weight is 446 g/mol. The van der Waals surface area contributed by atoms with Crippen LogP contribution in [-0.2, 0) is 5.41 Å². The fourth-order valence-electron chi connectivity index (χ4n) is 6.16. The van der Waals surface area contributed by atoms with Crippen LogP contribution in [0.4, 0.5) is 0 Å². The smallest absolute Gasteiger partial charge is 0.145 e. The van der Waals surface area contributed by atoms with Gasteiger partial charge in [0.15, 0.2) is 0 Å². The minimum atomic E-state index is 0.209. The van der Waals surface area contributed by atoms with E-state index in [1.807, 2.05) is 6.20 Å². The van der Waals surface area contributed by atoms with Crippen LogP contribution in [-0.4, -0.2) is 4.98 Å². The van der Waals surface area contributed by atoms with Crippen LogP contribution in [0.3, 0.4) is 0 Å². The average Bonchev–Trinajstić information content (AvgIpc) is 3.46. The molecule has 1 fully saturated rings. The van der Waals surface area contributed by atoms with Gasteiger partial charge in [-0.3, -0.25) is 4.98 Å². The van der Waals surface area contributed by atoms with Crippen molar-refractivity contribution in [2.24, 2.45) is 0 Å². The number of furan rings is 1. The van der Waals surface area contributed by atoms with Crippen LogP contribution in [0.15, 0.2) is 65.7 Å². The molecule has 0 saturated heterocycles. The number of rotatable bonds is 1. The van der Waals surface area contributed by atoms with Crippen molar-refractivity contribution < 1.29 is 4.42 Å². The van der Waals surface area contributed by atoms with Gasteiger partial charge in [-0.15, -0.1) is 0 Å². The third-order valence-electron chi connectivity index (χ3n) is 8.19. The molecule has 0 atom stereocenters. The zero-order valence-corrected chi connectivity index (χ0v) is 20.4. The molecule has 2 nitrogen and oxygen atoms in total. The molecule has 0 amide bonds. The predicted octanol–water partition coefficient (Wildman–Crippen LogP) is 8.71. The highest BCUT2D eigenvalue weighted by molar-refractivity contribution is 6.04. The van der Waals surface area contributed by atoms with Crippen molar-refractivity contribution >= 4 is 22.6 Å². The van der Waals surface area contributed by atoms with E-state index in [4.69, 9.17) is 9.40 Å². The van der Waals surface area contributed by atoms with E-state index < -0.39 is 0 Å². The van der Waals surface area contributed by atoms with Crippen molar-refractivity contribution in [3.8, 4) is 11.3 Å². The molecular formula is C32H31NO. The third-order valence-corrected chi connectivity index (χ3v) is 8.19. The summed E-state index contributed by atoms with van der Waals surface area (Å²) >= 11 is 0. The van der Waals surface area contributed by atoms with Gasteiger partial charge in [0, 0.05) is 22.7 Å².